The number of hydrogen-bond acceptors (Lipinski definition) is 3. The molecule has 0 saturated carbocycles. The van der Waals surface area contributed by atoms with Gasteiger partial charge in [0.25, 0.3) is 0 Å². The minimum absolute atomic E-state index is 0.300. The highest BCUT2D eigenvalue weighted by molar-refractivity contribution is 8.00. The predicted molar refractivity (Wildman–Crippen MR) is 98.1 cm³/mol. The summed E-state index contributed by atoms with van der Waals surface area (Å²) in [5.41, 5.74) is 1.52. The average Bonchev–Trinajstić information content (AvgIpc) is 3.13. The van der Waals surface area contributed by atoms with Crippen LogP contribution in [0.5, 0.6) is 0 Å². The van der Waals surface area contributed by atoms with Crippen molar-refractivity contribution in [2.45, 2.75) is 43.0 Å². The van der Waals surface area contributed by atoms with E-state index < -0.39 is 5.60 Å². The normalized spacial score (nSPS) is 30.3. The standard InChI is InChI=1S/C18H27N3OS/c1-17(9-5-11-23-17)12-20-16(19-2)21-13-18(22)10-8-14-6-3-4-7-15(14)18/h3-4,6-7,22H,5,8-13H2,1-2H3,(H2,19,20,21). The summed E-state index contributed by atoms with van der Waals surface area (Å²) in [5.74, 6) is 2.03. The maximum atomic E-state index is 11.0. The highest BCUT2D eigenvalue weighted by Gasteiger charge is 2.36. The lowest BCUT2D eigenvalue weighted by Crippen LogP contribution is -2.47. The van der Waals surface area contributed by atoms with E-state index in [4.69, 9.17) is 0 Å². The molecule has 0 amide bonds. The lowest BCUT2D eigenvalue weighted by molar-refractivity contribution is 0.0432. The van der Waals surface area contributed by atoms with Crippen LogP contribution in [0.2, 0.25) is 0 Å². The quantitative estimate of drug-likeness (QED) is 0.584. The molecular weight excluding hydrogens is 306 g/mol. The number of fused-ring (bicyclic) bond motifs is 1. The van der Waals surface area contributed by atoms with E-state index in [0.717, 1.165) is 30.9 Å². The smallest absolute Gasteiger partial charge is 0.191 e. The van der Waals surface area contributed by atoms with Gasteiger partial charge in [0.2, 0.25) is 0 Å². The number of nitrogens with one attached hydrogen (secondary N) is 2. The van der Waals surface area contributed by atoms with Crippen LogP contribution in [-0.4, -0.2) is 41.7 Å². The first-order valence-corrected chi connectivity index (χ1v) is 9.43. The molecule has 0 bridgehead atoms. The molecule has 5 heteroatoms. The van der Waals surface area contributed by atoms with E-state index in [9.17, 15) is 5.11 Å². The third-order valence-corrected chi connectivity index (χ3v) is 6.57. The Morgan fingerprint density at radius 3 is 2.78 bits per heavy atom. The van der Waals surface area contributed by atoms with Gasteiger partial charge < -0.3 is 15.7 Å². The van der Waals surface area contributed by atoms with Crippen molar-refractivity contribution in [3.8, 4) is 0 Å². The molecule has 126 valence electrons. The van der Waals surface area contributed by atoms with Crippen LogP contribution < -0.4 is 10.6 Å². The fraction of sp³-hybridized carbons (Fsp3) is 0.611. The Morgan fingerprint density at radius 1 is 1.26 bits per heavy atom. The van der Waals surface area contributed by atoms with Crippen molar-refractivity contribution >= 4 is 17.7 Å². The number of guanidine groups is 1. The molecule has 4 nitrogen and oxygen atoms in total. The Labute approximate surface area is 143 Å². The SMILES string of the molecule is CN=C(NCC1(C)CCCS1)NCC1(O)CCc2ccccc21. The Morgan fingerprint density at radius 2 is 2.04 bits per heavy atom. The first kappa shape index (κ1) is 16.7. The molecule has 2 atom stereocenters. The van der Waals surface area contributed by atoms with Gasteiger partial charge >= 0.3 is 0 Å². The molecule has 1 aromatic carbocycles. The summed E-state index contributed by atoms with van der Waals surface area (Å²) in [6.07, 6.45) is 4.25. The summed E-state index contributed by atoms with van der Waals surface area (Å²) in [6.45, 7) is 3.71. The monoisotopic (exact) mass is 333 g/mol. The van der Waals surface area contributed by atoms with Gasteiger partial charge in [0.05, 0.1) is 6.54 Å². The summed E-state index contributed by atoms with van der Waals surface area (Å²) in [5, 5.41) is 17.7. The lowest BCUT2D eigenvalue weighted by atomic mass is 9.96. The highest BCUT2D eigenvalue weighted by Crippen LogP contribution is 2.37. The van der Waals surface area contributed by atoms with Crippen molar-refractivity contribution < 1.29 is 5.11 Å². The largest absolute Gasteiger partial charge is 0.383 e. The molecule has 2 aliphatic rings. The van der Waals surface area contributed by atoms with Crippen LogP contribution in [0.4, 0.5) is 0 Å². The summed E-state index contributed by atoms with van der Waals surface area (Å²) < 4.78 is 0.300. The zero-order valence-electron chi connectivity index (χ0n) is 14.1. The van der Waals surface area contributed by atoms with Gasteiger partial charge in [-0.2, -0.15) is 11.8 Å². The van der Waals surface area contributed by atoms with Gasteiger partial charge in [-0.05, 0) is 49.5 Å². The first-order chi connectivity index (χ1) is 11.0. The molecule has 0 spiro atoms. The van der Waals surface area contributed by atoms with E-state index in [1.54, 1.807) is 7.05 Å². The van der Waals surface area contributed by atoms with Gasteiger partial charge in [-0.1, -0.05) is 24.3 Å². The fourth-order valence-corrected chi connectivity index (χ4v) is 4.79. The van der Waals surface area contributed by atoms with Crippen molar-refractivity contribution in [1.29, 1.82) is 0 Å². The van der Waals surface area contributed by atoms with Gasteiger partial charge in [-0.3, -0.25) is 4.99 Å². The van der Waals surface area contributed by atoms with Crippen LogP contribution in [0.25, 0.3) is 0 Å². The molecule has 3 N–H and O–H groups in total. The first-order valence-electron chi connectivity index (χ1n) is 8.44. The zero-order chi connectivity index (χ0) is 16.3. The Bertz CT molecular complexity index is 583. The zero-order valence-corrected chi connectivity index (χ0v) is 14.9. The van der Waals surface area contributed by atoms with Crippen LogP contribution in [0.15, 0.2) is 29.3 Å². The number of aliphatic hydroxyl groups is 1. The van der Waals surface area contributed by atoms with Crippen LogP contribution >= 0.6 is 11.8 Å². The molecule has 2 unspecified atom stereocenters. The second kappa shape index (κ2) is 6.73. The van der Waals surface area contributed by atoms with Crippen molar-refractivity contribution in [3.63, 3.8) is 0 Å². The molecule has 1 saturated heterocycles. The number of hydrogen-bond donors (Lipinski definition) is 3. The number of nitrogens with zero attached hydrogens (tertiary/aromatic N) is 1. The van der Waals surface area contributed by atoms with E-state index in [1.807, 2.05) is 30.0 Å². The molecule has 3 rings (SSSR count). The van der Waals surface area contributed by atoms with Crippen molar-refractivity contribution in [3.05, 3.63) is 35.4 Å². The summed E-state index contributed by atoms with van der Waals surface area (Å²) >= 11 is 2.04. The molecule has 23 heavy (non-hydrogen) atoms. The van der Waals surface area contributed by atoms with Crippen LogP contribution in [-0.2, 0) is 12.0 Å². The molecule has 1 aliphatic heterocycles. The van der Waals surface area contributed by atoms with Crippen LogP contribution in [0.1, 0.15) is 37.3 Å². The van der Waals surface area contributed by atoms with Gasteiger partial charge in [0, 0.05) is 18.3 Å². The average molecular weight is 334 g/mol. The number of aryl methyl sites for hydroxylation is 1. The lowest BCUT2D eigenvalue weighted by Gasteiger charge is -2.28. The van der Waals surface area contributed by atoms with Crippen molar-refractivity contribution in [1.82, 2.24) is 10.6 Å². The minimum Gasteiger partial charge on any atom is -0.383 e. The third-order valence-electron chi connectivity index (χ3n) is 5.03. The molecule has 0 radical (unpaired) electrons. The van der Waals surface area contributed by atoms with E-state index in [-0.39, 0.29) is 0 Å². The molecule has 1 aromatic rings. The van der Waals surface area contributed by atoms with E-state index in [2.05, 4.69) is 28.6 Å². The highest BCUT2D eigenvalue weighted by atomic mass is 32.2. The second-order valence-corrected chi connectivity index (χ2v) is 8.55. The molecule has 1 fully saturated rings. The van der Waals surface area contributed by atoms with Crippen molar-refractivity contribution in [2.24, 2.45) is 4.99 Å². The van der Waals surface area contributed by atoms with E-state index in [1.165, 1.54) is 24.2 Å². The van der Waals surface area contributed by atoms with Gasteiger partial charge in [0.15, 0.2) is 5.96 Å². The second-order valence-electron chi connectivity index (χ2n) is 6.87. The number of benzene rings is 1. The maximum absolute atomic E-state index is 11.0. The fourth-order valence-electron chi connectivity index (χ4n) is 3.55. The Hall–Kier alpha value is -1.20. The van der Waals surface area contributed by atoms with E-state index >= 15 is 0 Å². The summed E-state index contributed by atoms with van der Waals surface area (Å²) in [4.78, 5) is 4.30. The third kappa shape index (κ3) is 3.66. The molecular formula is C18H27N3OS. The van der Waals surface area contributed by atoms with Crippen LogP contribution in [0, 0.1) is 0 Å². The molecule has 1 heterocycles. The van der Waals surface area contributed by atoms with Crippen LogP contribution in [0.3, 0.4) is 0 Å². The maximum Gasteiger partial charge on any atom is 0.191 e. The molecule has 0 aromatic heterocycles. The minimum atomic E-state index is -0.791. The topological polar surface area (TPSA) is 56.7 Å². The number of thioether (sulfide) groups is 1. The van der Waals surface area contributed by atoms with Crippen molar-refractivity contribution in [2.75, 3.05) is 25.9 Å². The van der Waals surface area contributed by atoms with Gasteiger partial charge in [-0.15, -0.1) is 0 Å². The predicted octanol–water partition coefficient (Wildman–Crippen LogP) is 2.27. The summed E-state index contributed by atoms with van der Waals surface area (Å²) in [7, 11) is 1.78. The molecule has 1 aliphatic carbocycles. The Balaban J connectivity index is 1.56. The number of aliphatic imine (C=N–C) groups is 1. The van der Waals surface area contributed by atoms with Gasteiger partial charge in [-0.25, -0.2) is 0 Å². The number of rotatable bonds is 4. The van der Waals surface area contributed by atoms with E-state index in [0.29, 0.717) is 11.3 Å². The summed E-state index contributed by atoms with van der Waals surface area (Å²) in [6, 6.07) is 8.19. The van der Waals surface area contributed by atoms with Gasteiger partial charge in [0.1, 0.15) is 5.60 Å². The Kier molecular flexibility index (Phi) is 4.87.